The molecule has 4 heterocycles. The van der Waals surface area contributed by atoms with Gasteiger partial charge in [0.25, 0.3) is 5.91 Å². The number of aliphatic hydroxyl groups excluding tert-OH is 1. The molecule has 2 saturated heterocycles. The largest absolute Gasteiger partial charge is 0.461 e. The van der Waals surface area contributed by atoms with Crippen LogP contribution >= 0.6 is 0 Å². The van der Waals surface area contributed by atoms with Gasteiger partial charge in [-0.3, -0.25) is 14.4 Å². The molecule has 0 aromatic heterocycles. The van der Waals surface area contributed by atoms with E-state index in [2.05, 4.69) is 18.7 Å². The van der Waals surface area contributed by atoms with Gasteiger partial charge in [0.2, 0.25) is 5.91 Å². The van der Waals surface area contributed by atoms with Crippen molar-refractivity contribution in [2.45, 2.75) is 31.6 Å². The van der Waals surface area contributed by atoms with Crippen LogP contribution in [-0.4, -0.2) is 84.9 Å². The van der Waals surface area contributed by atoms with E-state index in [0.717, 1.165) is 18.8 Å². The zero-order valence-corrected chi connectivity index (χ0v) is 20.0. The SMILES string of the molecule is CCN(CC)c1ccc(N2CC=C[C@]34O[C@H]5C=CCOC(=O)[C@H]5[C@H]3C(=O)N(CCO)C4C2=O)cc1. The van der Waals surface area contributed by atoms with Crippen molar-refractivity contribution in [2.24, 2.45) is 11.8 Å². The van der Waals surface area contributed by atoms with Gasteiger partial charge in [0.15, 0.2) is 0 Å². The molecule has 1 aromatic carbocycles. The number of amides is 2. The summed E-state index contributed by atoms with van der Waals surface area (Å²) in [5.41, 5.74) is 0.463. The molecule has 0 saturated carbocycles. The molecule has 35 heavy (non-hydrogen) atoms. The van der Waals surface area contributed by atoms with Crippen molar-refractivity contribution in [3.63, 3.8) is 0 Å². The number of cyclic esters (lactones) is 1. The van der Waals surface area contributed by atoms with Crippen molar-refractivity contribution in [3.05, 3.63) is 48.6 Å². The molecule has 186 valence electrons. The number of fused-ring (bicyclic) bond motifs is 2. The molecule has 1 N–H and O–H groups in total. The fourth-order valence-corrected chi connectivity index (χ4v) is 5.98. The molecule has 1 spiro atoms. The predicted octanol–water partition coefficient (Wildman–Crippen LogP) is 1.12. The summed E-state index contributed by atoms with van der Waals surface area (Å²) in [6.07, 6.45) is 6.40. The number of carbonyl (C=O) groups is 3. The third-order valence-corrected chi connectivity index (χ3v) is 7.54. The number of ether oxygens (including phenoxy) is 2. The molecule has 5 rings (SSSR count). The van der Waals surface area contributed by atoms with Gasteiger partial charge < -0.3 is 29.3 Å². The van der Waals surface area contributed by atoms with Crippen LogP contribution in [0.25, 0.3) is 0 Å². The molecule has 1 aromatic rings. The lowest BCUT2D eigenvalue weighted by molar-refractivity contribution is -0.152. The van der Waals surface area contributed by atoms with Crippen molar-refractivity contribution >= 4 is 29.2 Å². The number of anilines is 2. The highest BCUT2D eigenvalue weighted by atomic mass is 16.6. The molecule has 4 aliphatic heterocycles. The van der Waals surface area contributed by atoms with Gasteiger partial charge in [-0.1, -0.05) is 18.2 Å². The van der Waals surface area contributed by atoms with Crippen LogP contribution < -0.4 is 9.80 Å². The molecule has 1 unspecified atom stereocenters. The smallest absolute Gasteiger partial charge is 0.313 e. The van der Waals surface area contributed by atoms with E-state index in [1.807, 2.05) is 30.3 Å². The third kappa shape index (κ3) is 3.56. The number of nitrogens with zero attached hydrogens (tertiary/aromatic N) is 3. The van der Waals surface area contributed by atoms with E-state index in [1.165, 1.54) is 4.90 Å². The molecule has 5 atom stereocenters. The van der Waals surface area contributed by atoms with Gasteiger partial charge in [0.05, 0.1) is 18.6 Å². The number of likely N-dealkylation sites (tertiary alicyclic amines) is 1. The minimum Gasteiger partial charge on any atom is -0.461 e. The second-order valence-electron chi connectivity index (χ2n) is 9.20. The Morgan fingerprint density at radius 1 is 1.09 bits per heavy atom. The van der Waals surface area contributed by atoms with Crippen LogP contribution in [0.3, 0.4) is 0 Å². The summed E-state index contributed by atoms with van der Waals surface area (Å²) in [6, 6.07) is 6.78. The lowest BCUT2D eigenvalue weighted by atomic mass is 9.78. The summed E-state index contributed by atoms with van der Waals surface area (Å²) in [6.45, 7) is 6.03. The number of carbonyl (C=O) groups excluding carboxylic acids is 3. The quantitative estimate of drug-likeness (QED) is 0.480. The molecule has 9 heteroatoms. The van der Waals surface area contributed by atoms with E-state index in [-0.39, 0.29) is 31.6 Å². The van der Waals surface area contributed by atoms with E-state index >= 15 is 0 Å². The number of β-amino-alcohol motifs (C(OH)–C–C–N with tert-alkyl or cyclic N) is 1. The Morgan fingerprint density at radius 3 is 2.51 bits per heavy atom. The molecule has 0 aliphatic carbocycles. The Morgan fingerprint density at radius 2 is 1.83 bits per heavy atom. The highest BCUT2D eigenvalue weighted by Gasteiger charge is 2.71. The molecule has 9 nitrogen and oxygen atoms in total. The summed E-state index contributed by atoms with van der Waals surface area (Å²) in [5.74, 6) is -2.92. The van der Waals surface area contributed by atoms with Gasteiger partial charge in [0.1, 0.15) is 24.2 Å². The van der Waals surface area contributed by atoms with E-state index < -0.39 is 35.6 Å². The number of benzene rings is 1. The van der Waals surface area contributed by atoms with Crippen molar-refractivity contribution in [1.82, 2.24) is 4.90 Å². The van der Waals surface area contributed by atoms with Gasteiger partial charge in [-0.25, -0.2) is 0 Å². The van der Waals surface area contributed by atoms with Crippen LogP contribution in [-0.2, 0) is 23.9 Å². The Hall–Kier alpha value is -3.17. The number of esters is 1. The number of aliphatic hydroxyl groups is 1. The summed E-state index contributed by atoms with van der Waals surface area (Å²) in [4.78, 5) is 45.7. The van der Waals surface area contributed by atoms with Crippen LogP contribution in [0.5, 0.6) is 0 Å². The number of hydrogen-bond donors (Lipinski definition) is 1. The highest BCUT2D eigenvalue weighted by molar-refractivity contribution is 6.05. The molecule has 0 radical (unpaired) electrons. The van der Waals surface area contributed by atoms with Crippen LogP contribution in [0.1, 0.15) is 13.8 Å². The zero-order chi connectivity index (χ0) is 24.7. The summed E-state index contributed by atoms with van der Waals surface area (Å²) < 4.78 is 11.7. The Labute approximate surface area is 204 Å². The van der Waals surface area contributed by atoms with E-state index in [9.17, 15) is 19.5 Å². The number of rotatable bonds is 6. The van der Waals surface area contributed by atoms with Crippen LogP contribution in [0.2, 0.25) is 0 Å². The maximum absolute atomic E-state index is 14.1. The van der Waals surface area contributed by atoms with Crippen molar-refractivity contribution in [2.75, 3.05) is 49.2 Å². The standard InChI is InChI=1S/C26H31N3O6/c1-3-27(4-2)17-8-10-18(11-9-17)28-13-6-12-26-21(20-19(35-26)7-5-16-34-25(20)33)23(31)29(14-15-30)22(26)24(28)32/h5-12,19-22,30H,3-4,13-16H2,1-2H3/t19-,20+,21-,22?,26-/m0/s1. The van der Waals surface area contributed by atoms with Gasteiger partial charge in [-0.15, -0.1) is 0 Å². The van der Waals surface area contributed by atoms with Crippen LogP contribution in [0, 0.1) is 11.8 Å². The second-order valence-corrected chi connectivity index (χ2v) is 9.20. The number of hydrogen-bond acceptors (Lipinski definition) is 7. The highest BCUT2D eigenvalue weighted by Crippen LogP contribution is 2.53. The third-order valence-electron chi connectivity index (χ3n) is 7.54. The van der Waals surface area contributed by atoms with Crippen molar-refractivity contribution in [3.8, 4) is 0 Å². The first-order chi connectivity index (χ1) is 17.0. The van der Waals surface area contributed by atoms with Gasteiger partial charge in [0, 0.05) is 37.6 Å². The second kappa shape index (κ2) is 9.13. The lowest BCUT2D eigenvalue weighted by Crippen LogP contribution is -2.55. The first-order valence-electron chi connectivity index (χ1n) is 12.2. The minimum atomic E-state index is -1.31. The van der Waals surface area contributed by atoms with Crippen molar-refractivity contribution in [1.29, 1.82) is 0 Å². The average Bonchev–Trinajstić information content (AvgIpc) is 3.15. The van der Waals surface area contributed by atoms with E-state index in [0.29, 0.717) is 12.2 Å². The lowest BCUT2D eigenvalue weighted by Gasteiger charge is -2.35. The molecule has 2 fully saturated rings. The first-order valence-corrected chi connectivity index (χ1v) is 12.2. The van der Waals surface area contributed by atoms with Crippen LogP contribution in [0.15, 0.2) is 48.6 Å². The van der Waals surface area contributed by atoms with Crippen molar-refractivity contribution < 1.29 is 29.0 Å². The topological polar surface area (TPSA) is 99.6 Å². The van der Waals surface area contributed by atoms with Crippen LogP contribution in [0.4, 0.5) is 11.4 Å². The molecule has 4 aliphatic rings. The molecule has 0 bridgehead atoms. The summed E-state index contributed by atoms with van der Waals surface area (Å²) >= 11 is 0. The Kier molecular flexibility index (Phi) is 6.14. The van der Waals surface area contributed by atoms with Gasteiger partial charge in [-0.2, -0.15) is 0 Å². The molecular formula is C26H31N3O6. The molecule has 2 amide bonds. The fourth-order valence-electron chi connectivity index (χ4n) is 5.98. The summed E-state index contributed by atoms with van der Waals surface area (Å²) in [5, 5.41) is 9.71. The maximum atomic E-state index is 14.1. The predicted molar refractivity (Wildman–Crippen MR) is 129 cm³/mol. The maximum Gasteiger partial charge on any atom is 0.313 e. The fraction of sp³-hybridized carbons (Fsp3) is 0.500. The molecular weight excluding hydrogens is 450 g/mol. The summed E-state index contributed by atoms with van der Waals surface area (Å²) in [7, 11) is 0. The van der Waals surface area contributed by atoms with E-state index in [1.54, 1.807) is 23.1 Å². The Bertz CT molecular complexity index is 1070. The average molecular weight is 482 g/mol. The van der Waals surface area contributed by atoms with E-state index in [4.69, 9.17) is 9.47 Å². The zero-order valence-electron chi connectivity index (χ0n) is 20.0. The Balaban J connectivity index is 1.54. The first kappa shape index (κ1) is 23.6. The van der Waals surface area contributed by atoms with Gasteiger partial charge in [-0.05, 0) is 44.2 Å². The minimum absolute atomic E-state index is 0.0261. The normalized spacial score (nSPS) is 31.6. The van der Waals surface area contributed by atoms with Gasteiger partial charge >= 0.3 is 5.97 Å². The monoisotopic (exact) mass is 481 g/mol.